The van der Waals surface area contributed by atoms with E-state index < -0.39 is 17.9 Å². The summed E-state index contributed by atoms with van der Waals surface area (Å²) >= 11 is 0. The molecule has 0 aromatic rings. The molecule has 0 heterocycles. The molecule has 0 aliphatic rings. The minimum absolute atomic E-state index is 0.0308. The highest BCUT2D eigenvalue weighted by Crippen LogP contribution is 2.08. The van der Waals surface area contributed by atoms with Gasteiger partial charge in [0.25, 0.3) is 0 Å². The Balaban J connectivity index is 3.50. The van der Waals surface area contributed by atoms with E-state index in [1.54, 1.807) is 6.92 Å². The second-order valence-corrected chi connectivity index (χ2v) is 2.60. The van der Waals surface area contributed by atoms with Crippen molar-refractivity contribution in [1.29, 1.82) is 0 Å². The van der Waals surface area contributed by atoms with Crippen molar-refractivity contribution in [2.24, 2.45) is 5.92 Å². The predicted molar refractivity (Wildman–Crippen MR) is 39.4 cm³/mol. The molecule has 0 spiro atoms. The molecule has 70 valence electrons. The Morgan fingerprint density at radius 1 is 1.50 bits per heavy atom. The molecule has 0 aliphatic carbocycles. The molecule has 1 unspecified atom stereocenters. The first-order chi connectivity index (χ1) is 5.57. The smallest absolute Gasteiger partial charge is 0.344 e. The third-order valence-corrected chi connectivity index (χ3v) is 1.52. The standard InChI is InChI=1S/C7H12O5/c1-5(7(10)12-11)3-2-4-6(8)9/h5,11H,2-4H2,1H3,(H,8,9). The number of carboxylic acid groups (broad SMARTS) is 1. The highest BCUT2D eigenvalue weighted by atomic mass is 17.1. The number of hydrogen-bond donors (Lipinski definition) is 2. The number of carbonyl (C=O) groups is 2. The molecule has 0 saturated carbocycles. The summed E-state index contributed by atoms with van der Waals surface area (Å²) in [4.78, 5) is 24.1. The summed E-state index contributed by atoms with van der Waals surface area (Å²) in [6, 6.07) is 0. The molecule has 5 nitrogen and oxygen atoms in total. The van der Waals surface area contributed by atoms with Gasteiger partial charge in [0, 0.05) is 6.42 Å². The Morgan fingerprint density at radius 2 is 2.08 bits per heavy atom. The summed E-state index contributed by atoms with van der Waals surface area (Å²) in [5.41, 5.74) is 0. The van der Waals surface area contributed by atoms with Crippen LogP contribution in [0.4, 0.5) is 0 Å². The van der Waals surface area contributed by atoms with E-state index in [4.69, 9.17) is 10.4 Å². The van der Waals surface area contributed by atoms with Gasteiger partial charge in [-0.2, -0.15) is 5.26 Å². The molecule has 2 N–H and O–H groups in total. The zero-order valence-corrected chi connectivity index (χ0v) is 6.82. The van der Waals surface area contributed by atoms with Gasteiger partial charge in [-0.15, -0.1) is 0 Å². The SMILES string of the molecule is CC(CCCC(=O)O)C(=O)OO. The summed E-state index contributed by atoms with van der Waals surface area (Å²) in [6.07, 6.45) is 0.848. The maximum atomic E-state index is 10.6. The van der Waals surface area contributed by atoms with Crippen molar-refractivity contribution in [3.05, 3.63) is 0 Å². The van der Waals surface area contributed by atoms with Crippen molar-refractivity contribution in [2.75, 3.05) is 0 Å². The van der Waals surface area contributed by atoms with E-state index in [2.05, 4.69) is 4.89 Å². The molecule has 0 saturated heterocycles. The number of hydrogen-bond acceptors (Lipinski definition) is 4. The van der Waals surface area contributed by atoms with Crippen molar-refractivity contribution in [1.82, 2.24) is 0 Å². The lowest BCUT2D eigenvalue weighted by atomic mass is 10.0. The largest absolute Gasteiger partial charge is 0.481 e. The van der Waals surface area contributed by atoms with Crippen LogP contribution in [0, 0.1) is 5.92 Å². The highest BCUT2D eigenvalue weighted by molar-refractivity contribution is 5.71. The molecule has 0 radical (unpaired) electrons. The van der Waals surface area contributed by atoms with Gasteiger partial charge in [0.2, 0.25) is 0 Å². The Morgan fingerprint density at radius 3 is 2.50 bits per heavy atom. The van der Waals surface area contributed by atoms with Crippen LogP contribution in [-0.4, -0.2) is 22.3 Å². The van der Waals surface area contributed by atoms with Crippen LogP contribution in [0.5, 0.6) is 0 Å². The molecule has 5 heteroatoms. The molecule has 0 bridgehead atoms. The maximum absolute atomic E-state index is 10.6. The third-order valence-electron chi connectivity index (χ3n) is 1.52. The average Bonchev–Trinajstić information content (AvgIpc) is 2.02. The van der Waals surface area contributed by atoms with E-state index in [9.17, 15) is 9.59 Å². The van der Waals surface area contributed by atoms with Crippen molar-refractivity contribution in [2.45, 2.75) is 26.2 Å². The van der Waals surface area contributed by atoms with Crippen LogP contribution >= 0.6 is 0 Å². The van der Waals surface area contributed by atoms with Gasteiger partial charge in [-0.25, -0.2) is 4.79 Å². The van der Waals surface area contributed by atoms with E-state index in [1.807, 2.05) is 0 Å². The lowest BCUT2D eigenvalue weighted by Crippen LogP contribution is -2.13. The van der Waals surface area contributed by atoms with Gasteiger partial charge in [0.15, 0.2) is 0 Å². The van der Waals surface area contributed by atoms with Crippen LogP contribution in [-0.2, 0) is 14.5 Å². The molecular weight excluding hydrogens is 164 g/mol. The first-order valence-corrected chi connectivity index (χ1v) is 3.65. The van der Waals surface area contributed by atoms with Gasteiger partial charge in [-0.3, -0.25) is 4.79 Å². The predicted octanol–water partition coefficient (Wildman–Crippen LogP) is 0.894. The van der Waals surface area contributed by atoms with Crippen LogP contribution in [0.3, 0.4) is 0 Å². The third kappa shape index (κ3) is 4.68. The average molecular weight is 176 g/mol. The number of carboxylic acids is 1. The molecular formula is C7H12O5. The van der Waals surface area contributed by atoms with Crippen molar-refractivity contribution in [3.63, 3.8) is 0 Å². The summed E-state index contributed by atoms with van der Waals surface area (Å²) in [5, 5.41) is 16.2. The topological polar surface area (TPSA) is 83.8 Å². The van der Waals surface area contributed by atoms with Gasteiger partial charge < -0.3 is 9.99 Å². The second-order valence-electron chi connectivity index (χ2n) is 2.60. The molecule has 0 aliphatic heterocycles. The zero-order valence-electron chi connectivity index (χ0n) is 6.82. The van der Waals surface area contributed by atoms with Gasteiger partial charge in [-0.1, -0.05) is 6.92 Å². The summed E-state index contributed by atoms with van der Waals surface area (Å²) < 4.78 is 0. The lowest BCUT2D eigenvalue weighted by Gasteiger charge is -2.04. The van der Waals surface area contributed by atoms with Gasteiger partial charge in [0.05, 0.1) is 5.92 Å². The van der Waals surface area contributed by atoms with Crippen molar-refractivity contribution < 1.29 is 24.8 Å². The number of carbonyl (C=O) groups excluding carboxylic acids is 1. The van der Waals surface area contributed by atoms with E-state index in [0.29, 0.717) is 12.8 Å². The molecule has 0 amide bonds. The normalized spacial score (nSPS) is 12.2. The molecule has 0 aromatic carbocycles. The Hall–Kier alpha value is -1.10. The van der Waals surface area contributed by atoms with Crippen LogP contribution in [0.15, 0.2) is 0 Å². The van der Waals surface area contributed by atoms with E-state index in [-0.39, 0.29) is 6.42 Å². The summed E-state index contributed by atoms with van der Waals surface area (Å²) in [6.45, 7) is 1.57. The fraction of sp³-hybridized carbons (Fsp3) is 0.714. The molecule has 12 heavy (non-hydrogen) atoms. The first kappa shape index (κ1) is 10.9. The van der Waals surface area contributed by atoms with Crippen LogP contribution in [0.2, 0.25) is 0 Å². The zero-order chi connectivity index (χ0) is 9.56. The van der Waals surface area contributed by atoms with E-state index >= 15 is 0 Å². The van der Waals surface area contributed by atoms with Gasteiger partial charge >= 0.3 is 11.9 Å². The molecule has 0 fully saturated rings. The monoisotopic (exact) mass is 176 g/mol. The quantitative estimate of drug-likeness (QED) is 0.480. The van der Waals surface area contributed by atoms with E-state index in [0.717, 1.165) is 0 Å². The van der Waals surface area contributed by atoms with Crippen molar-refractivity contribution in [3.8, 4) is 0 Å². The molecule has 0 aromatic heterocycles. The van der Waals surface area contributed by atoms with Gasteiger partial charge in [0.1, 0.15) is 0 Å². The minimum atomic E-state index is -0.889. The number of aliphatic carboxylic acids is 1. The fourth-order valence-electron chi connectivity index (χ4n) is 0.767. The number of rotatable bonds is 5. The second kappa shape index (κ2) is 5.54. The van der Waals surface area contributed by atoms with Crippen molar-refractivity contribution >= 4 is 11.9 Å². The van der Waals surface area contributed by atoms with Gasteiger partial charge in [-0.05, 0) is 12.8 Å². The fourth-order valence-corrected chi connectivity index (χ4v) is 0.767. The van der Waals surface area contributed by atoms with Crippen LogP contribution in [0.25, 0.3) is 0 Å². The van der Waals surface area contributed by atoms with Crippen LogP contribution < -0.4 is 0 Å². The Labute approximate surface area is 69.9 Å². The highest BCUT2D eigenvalue weighted by Gasteiger charge is 2.14. The summed E-state index contributed by atoms with van der Waals surface area (Å²) in [7, 11) is 0. The molecule has 1 atom stereocenters. The lowest BCUT2D eigenvalue weighted by molar-refractivity contribution is -0.238. The first-order valence-electron chi connectivity index (χ1n) is 3.65. The molecule has 0 rings (SSSR count). The van der Waals surface area contributed by atoms with E-state index in [1.165, 1.54) is 0 Å². The maximum Gasteiger partial charge on any atom is 0.344 e. The Bertz CT molecular complexity index is 165. The van der Waals surface area contributed by atoms with Crippen LogP contribution in [0.1, 0.15) is 26.2 Å². The summed E-state index contributed by atoms with van der Waals surface area (Å²) in [5.74, 6) is -2.06. The minimum Gasteiger partial charge on any atom is -0.481 e. The Kier molecular flexibility index (Phi) is 5.03.